The third-order valence-corrected chi connectivity index (χ3v) is 11.1. The highest BCUT2D eigenvalue weighted by Gasteiger charge is 2.40. The van der Waals surface area contributed by atoms with E-state index < -0.39 is 35.9 Å². The predicted octanol–water partition coefficient (Wildman–Crippen LogP) is 9.47. The van der Waals surface area contributed by atoms with Crippen molar-refractivity contribution < 1.29 is 69.2 Å². The molecule has 4 aromatic carbocycles. The van der Waals surface area contributed by atoms with Crippen LogP contribution in [0, 0.1) is 0 Å². The number of likely N-dealkylation sites (tertiary alicyclic amines) is 2. The van der Waals surface area contributed by atoms with E-state index in [2.05, 4.69) is 9.47 Å². The van der Waals surface area contributed by atoms with Crippen LogP contribution in [-0.4, -0.2) is 83.7 Å². The molecule has 0 aliphatic carbocycles. The number of alkyl halides is 6. The first-order chi connectivity index (χ1) is 30.5. The largest absolute Gasteiger partial charge is 0.573 e. The molecule has 2 atom stereocenters. The summed E-state index contributed by atoms with van der Waals surface area (Å²) in [6.45, 7) is 7.74. The molecule has 0 saturated carbocycles. The van der Waals surface area contributed by atoms with Crippen molar-refractivity contribution in [1.82, 2.24) is 9.80 Å². The van der Waals surface area contributed by atoms with E-state index in [1.54, 1.807) is 46.2 Å². The first kappa shape index (κ1) is 48.2. The van der Waals surface area contributed by atoms with Crippen molar-refractivity contribution in [3.63, 3.8) is 0 Å². The second-order valence-corrected chi connectivity index (χ2v) is 17.1. The average molecular weight is 913 g/mol. The van der Waals surface area contributed by atoms with Crippen LogP contribution in [0.2, 0.25) is 0 Å². The minimum Gasteiger partial charge on any atom is -0.476 e. The fourth-order valence-electron chi connectivity index (χ4n) is 7.81. The van der Waals surface area contributed by atoms with Gasteiger partial charge in [-0.25, -0.2) is 9.59 Å². The molecule has 348 valence electrons. The van der Waals surface area contributed by atoms with Crippen LogP contribution in [0.5, 0.6) is 23.0 Å². The summed E-state index contributed by atoms with van der Waals surface area (Å²) in [7, 11) is 0. The fraction of sp³-hybridized carbons (Fsp3) is 0.417. The van der Waals surface area contributed by atoms with Gasteiger partial charge in [-0.2, -0.15) is 0 Å². The van der Waals surface area contributed by atoms with Gasteiger partial charge in [0.2, 0.25) is 23.0 Å². The molecule has 0 spiro atoms. The molecule has 65 heavy (non-hydrogen) atoms. The van der Waals surface area contributed by atoms with Gasteiger partial charge in [0.15, 0.2) is 0 Å². The Balaban J connectivity index is 1.00. The lowest BCUT2D eigenvalue weighted by Gasteiger charge is -2.33. The lowest BCUT2D eigenvalue weighted by atomic mass is 9.90. The standard InChI is InChI=1S/C48H50F6N2O9/c1-45(2,62-39-13-5-9-33(27-39)35-11-7-23-55(29-35)41(57)25-31-15-19-37(20-16-31)64-47(49,50)51)43(59)61-44(60)46(3,4)63-40-14-6-10-34(28-40)36-12-8-24-56(30-36)42(58)26-32-17-21-38(22-18-32)65-48(52,53)54/h5-6,9-10,13-22,27-28,35-36H,7-8,11-12,23-26,29-30H2,1-4H3. The molecule has 0 radical (unpaired) electrons. The van der Waals surface area contributed by atoms with Crippen LogP contribution >= 0.6 is 0 Å². The lowest BCUT2D eigenvalue weighted by molar-refractivity contribution is -0.275. The molecule has 11 nitrogen and oxygen atoms in total. The molecule has 2 saturated heterocycles. The first-order valence-electron chi connectivity index (χ1n) is 21.1. The minimum absolute atomic E-state index is 0.00811. The number of halogens is 6. The minimum atomic E-state index is -4.81. The van der Waals surface area contributed by atoms with E-state index in [1.807, 2.05) is 12.1 Å². The third-order valence-electron chi connectivity index (χ3n) is 11.1. The van der Waals surface area contributed by atoms with E-state index >= 15 is 0 Å². The summed E-state index contributed by atoms with van der Waals surface area (Å²) >= 11 is 0. The number of benzene rings is 4. The van der Waals surface area contributed by atoms with Crippen LogP contribution in [0.3, 0.4) is 0 Å². The zero-order valence-electron chi connectivity index (χ0n) is 36.3. The Hall–Kier alpha value is -6.26. The number of carbonyl (C=O) groups excluding carboxylic acids is 4. The molecule has 2 aliphatic heterocycles. The number of hydrogen-bond donors (Lipinski definition) is 0. The normalized spacial score (nSPS) is 17.2. The molecule has 2 aliphatic rings. The van der Waals surface area contributed by atoms with Gasteiger partial charge in [0.25, 0.3) is 0 Å². The number of hydrogen-bond acceptors (Lipinski definition) is 9. The second-order valence-electron chi connectivity index (χ2n) is 17.1. The van der Waals surface area contributed by atoms with E-state index in [1.165, 1.54) is 76.2 Å². The fourth-order valence-corrected chi connectivity index (χ4v) is 7.81. The van der Waals surface area contributed by atoms with Gasteiger partial charge in [0.05, 0.1) is 12.8 Å². The van der Waals surface area contributed by atoms with Crippen molar-refractivity contribution in [1.29, 1.82) is 0 Å². The monoisotopic (exact) mass is 912 g/mol. The maximum Gasteiger partial charge on any atom is 0.573 e. The van der Waals surface area contributed by atoms with Crippen LogP contribution < -0.4 is 18.9 Å². The Labute approximate surface area is 372 Å². The van der Waals surface area contributed by atoms with E-state index in [4.69, 9.17) is 14.2 Å². The summed E-state index contributed by atoms with van der Waals surface area (Å²) in [4.78, 5) is 56.7. The summed E-state index contributed by atoms with van der Waals surface area (Å²) in [6, 6.07) is 24.6. The molecule has 0 bridgehead atoms. The summed E-state index contributed by atoms with van der Waals surface area (Å²) in [5.41, 5.74) is -0.403. The maximum atomic E-state index is 13.4. The highest BCUT2D eigenvalue weighted by atomic mass is 19.4. The van der Waals surface area contributed by atoms with Crippen molar-refractivity contribution in [2.24, 2.45) is 0 Å². The van der Waals surface area contributed by atoms with E-state index in [-0.39, 0.29) is 48.0 Å². The molecular weight excluding hydrogens is 863 g/mol. The van der Waals surface area contributed by atoms with Crippen molar-refractivity contribution >= 4 is 23.8 Å². The third kappa shape index (κ3) is 13.9. The van der Waals surface area contributed by atoms with Crippen molar-refractivity contribution in [2.45, 2.75) is 102 Å². The molecule has 6 rings (SSSR count). The van der Waals surface area contributed by atoms with Gasteiger partial charge >= 0.3 is 24.7 Å². The van der Waals surface area contributed by atoms with Gasteiger partial charge in [-0.3, -0.25) is 9.59 Å². The smallest absolute Gasteiger partial charge is 0.476 e. The number of carbonyl (C=O) groups is 4. The Morgan fingerprint density at radius 1 is 0.523 bits per heavy atom. The number of piperidine rings is 2. The van der Waals surface area contributed by atoms with E-state index in [0.717, 1.165) is 36.8 Å². The Kier molecular flexibility index (Phi) is 14.7. The van der Waals surface area contributed by atoms with Gasteiger partial charge in [0, 0.05) is 38.0 Å². The van der Waals surface area contributed by atoms with Gasteiger partial charge in [-0.15, -0.1) is 26.3 Å². The Morgan fingerprint density at radius 2 is 0.892 bits per heavy atom. The summed E-state index contributed by atoms with van der Waals surface area (Å²) in [5.74, 6) is -2.43. The zero-order valence-corrected chi connectivity index (χ0v) is 36.3. The molecule has 2 fully saturated rings. The van der Waals surface area contributed by atoms with Crippen LogP contribution in [0.25, 0.3) is 0 Å². The van der Waals surface area contributed by atoms with E-state index in [9.17, 15) is 45.5 Å². The number of nitrogens with zero attached hydrogens (tertiary/aromatic N) is 2. The van der Waals surface area contributed by atoms with Crippen molar-refractivity contribution in [2.75, 3.05) is 26.2 Å². The number of amides is 2. The molecule has 0 N–H and O–H groups in total. The van der Waals surface area contributed by atoms with Crippen molar-refractivity contribution in [3.05, 3.63) is 119 Å². The average Bonchev–Trinajstić information content (AvgIpc) is 3.24. The Bertz CT molecular complexity index is 2150. The SMILES string of the molecule is CC(C)(Oc1cccc(C2CCCN(C(=O)Cc3ccc(OC(F)(F)F)cc3)C2)c1)C(=O)OC(=O)C(C)(C)Oc1cccc(C2CCCN(C(=O)Cc3ccc(OC(F)(F)F)cc3)C2)c1. The lowest BCUT2D eigenvalue weighted by Crippen LogP contribution is -2.46. The van der Waals surface area contributed by atoms with Crippen LogP contribution in [-0.2, 0) is 36.8 Å². The van der Waals surface area contributed by atoms with E-state index in [0.29, 0.717) is 48.8 Å². The highest BCUT2D eigenvalue weighted by molar-refractivity contribution is 5.93. The van der Waals surface area contributed by atoms with Crippen LogP contribution in [0.15, 0.2) is 97.1 Å². The van der Waals surface area contributed by atoms with Gasteiger partial charge in [-0.1, -0.05) is 48.5 Å². The Morgan fingerprint density at radius 3 is 1.25 bits per heavy atom. The molecule has 4 aromatic rings. The van der Waals surface area contributed by atoms with Gasteiger partial charge in [0.1, 0.15) is 23.0 Å². The summed E-state index contributed by atoms with van der Waals surface area (Å²) in [5, 5.41) is 0. The number of ether oxygens (including phenoxy) is 5. The topological polar surface area (TPSA) is 121 Å². The predicted molar refractivity (Wildman–Crippen MR) is 224 cm³/mol. The van der Waals surface area contributed by atoms with Crippen LogP contribution in [0.4, 0.5) is 26.3 Å². The molecule has 2 unspecified atom stereocenters. The number of esters is 2. The quantitative estimate of drug-likeness (QED) is 0.0692. The molecule has 0 aromatic heterocycles. The van der Waals surface area contributed by atoms with Crippen LogP contribution in [0.1, 0.15) is 87.5 Å². The summed E-state index contributed by atoms with van der Waals surface area (Å²) < 4.78 is 101. The molecule has 2 heterocycles. The highest BCUT2D eigenvalue weighted by Crippen LogP contribution is 2.34. The summed E-state index contributed by atoms with van der Waals surface area (Å²) in [6.07, 6.45) is -6.61. The molecule has 2 amide bonds. The molecule has 17 heteroatoms. The maximum absolute atomic E-state index is 13.4. The number of rotatable bonds is 14. The first-order valence-corrected chi connectivity index (χ1v) is 21.1. The molecular formula is C48H50F6N2O9. The van der Waals surface area contributed by atoms with Gasteiger partial charge < -0.3 is 33.5 Å². The van der Waals surface area contributed by atoms with Crippen molar-refractivity contribution in [3.8, 4) is 23.0 Å². The van der Waals surface area contributed by atoms with Gasteiger partial charge in [-0.05, 0) is 124 Å². The second kappa shape index (κ2) is 19.9. The zero-order chi connectivity index (χ0) is 47.2.